The molecular weight excluding hydrogens is 527 g/mol. The number of halogens is 2. The second-order valence-electron chi connectivity index (χ2n) is 8.76. The standard InChI is InChI=1S/C29H26Cl2N2O3S/c1-21-7-17-26(18-8-21)37(35,36)33(20-23-11-15-25(31)16-12-23)28-6-4-3-5-27(28)29(34)32(2)19-22-9-13-24(30)14-10-22/h3-18H,19-20H2,1-2H3. The van der Waals surface area contributed by atoms with E-state index in [9.17, 15) is 13.2 Å². The Labute approximate surface area is 227 Å². The first-order valence-electron chi connectivity index (χ1n) is 11.6. The van der Waals surface area contributed by atoms with E-state index in [1.165, 1.54) is 4.31 Å². The lowest BCUT2D eigenvalue weighted by Crippen LogP contribution is -2.34. The summed E-state index contributed by atoms with van der Waals surface area (Å²) in [5.74, 6) is -0.300. The van der Waals surface area contributed by atoms with Gasteiger partial charge in [0, 0.05) is 23.6 Å². The van der Waals surface area contributed by atoms with Gasteiger partial charge in [-0.2, -0.15) is 0 Å². The van der Waals surface area contributed by atoms with Gasteiger partial charge in [0.2, 0.25) is 0 Å². The molecule has 5 nitrogen and oxygen atoms in total. The Balaban J connectivity index is 1.75. The van der Waals surface area contributed by atoms with Crippen molar-refractivity contribution >= 4 is 44.8 Å². The summed E-state index contributed by atoms with van der Waals surface area (Å²) in [6.07, 6.45) is 0. The zero-order valence-corrected chi connectivity index (χ0v) is 22.8. The number of carbonyl (C=O) groups excluding carboxylic acids is 1. The van der Waals surface area contributed by atoms with Crippen molar-refractivity contribution in [2.24, 2.45) is 0 Å². The van der Waals surface area contributed by atoms with E-state index in [2.05, 4.69) is 0 Å². The maximum atomic E-state index is 13.9. The van der Waals surface area contributed by atoms with Crippen LogP contribution in [0.5, 0.6) is 0 Å². The molecule has 0 aliphatic heterocycles. The van der Waals surface area contributed by atoms with Gasteiger partial charge in [-0.3, -0.25) is 9.10 Å². The van der Waals surface area contributed by atoms with Crippen molar-refractivity contribution in [1.82, 2.24) is 4.90 Å². The highest BCUT2D eigenvalue weighted by Crippen LogP contribution is 2.30. The highest BCUT2D eigenvalue weighted by atomic mass is 35.5. The number of hydrogen-bond acceptors (Lipinski definition) is 3. The van der Waals surface area contributed by atoms with Gasteiger partial charge in [-0.1, -0.05) is 77.3 Å². The van der Waals surface area contributed by atoms with Crippen molar-refractivity contribution in [3.63, 3.8) is 0 Å². The smallest absolute Gasteiger partial charge is 0.264 e. The minimum absolute atomic E-state index is 0.0264. The van der Waals surface area contributed by atoms with E-state index in [4.69, 9.17) is 23.2 Å². The minimum Gasteiger partial charge on any atom is -0.337 e. The van der Waals surface area contributed by atoms with Crippen LogP contribution in [0.4, 0.5) is 5.69 Å². The second kappa shape index (κ2) is 11.4. The Hall–Kier alpha value is -3.32. The monoisotopic (exact) mass is 552 g/mol. The number of carbonyl (C=O) groups is 1. The van der Waals surface area contributed by atoms with Crippen LogP contribution < -0.4 is 4.31 Å². The van der Waals surface area contributed by atoms with Gasteiger partial charge in [0.15, 0.2) is 0 Å². The third kappa shape index (κ3) is 6.34. The summed E-state index contributed by atoms with van der Waals surface area (Å²) >= 11 is 12.0. The van der Waals surface area contributed by atoms with Gasteiger partial charge in [0.1, 0.15) is 0 Å². The lowest BCUT2D eigenvalue weighted by atomic mass is 10.1. The first-order chi connectivity index (χ1) is 17.6. The molecule has 0 unspecified atom stereocenters. The summed E-state index contributed by atoms with van der Waals surface area (Å²) < 4.78 is 29.2. The Morgan fingerprint density at radius 2 is 1.24 bits per heavy atom. The van der Waals surface area contributed by atoms with Crippen LogP contribution in [0.15, 0.2) is 102 Å². The van der Waals surface area contributed by atoms with E-state index in [0.717, 1.165) is 16.7 Å². The van der Waals surface area contributed by atoms with Crippen molar-refractivity contribution in [3.05, 3.63) is 129 Å². The van der Waals surface area contributed by atoms with Crippen LogP contribution in [0.3, 0.4) is 0 Å². The maximum Gasteiger partial charge on any atom is 0.264 e. The van der Waals surface area contributed by atoms with E-state index in [1.54, 1.807) is 96.9 Å². The molecule has 0 aliphatic rings. The molecule has 0 saturated heterocycles. The summed E-state index contributed by atoms with van der Waals surface area (Å²) in [5, 5.41) is 1.17. The number of nitrogens with zero attached hydrogens (tertiary/aromatic N) is 2. The van der Waals surface area contributed by atoms with Gasteiger partial charge >= 0.3 is 0 Å². The molecule has 0 N–H and O–H groups in total. The fourth-order valence-corrected chi connectivity index (χ4v) is 5.63. The van der Waals surface area contributed by atoms with E-state index in [0.29, 0.717) is 22.3 Å². The Kier molecular flexibility index (Phi) is 8.22. The number of benzene rings is 4. The average molecular weight is 554 g/mol. The number of hydrogen-bond donors (Lipinski definition) is 0. The average Bonchev–Trinajstić information content (AvgIpc) is 2.89. The number of anilines is 1. The molecule has 0 radical (unpaired) electrons. The molecule has 0 heterocycles. The quantitative estimate of drug-likeness (QED) is 0.237. The van der Waals surface area contributed by atoms with Gasteiger partial charge in [0.25, 0.3) is 15.9 Å². The van der Waals surface area contributed by atoms with Crippen LogP contribution >= 0.6 is 23.2 Å². The van der Waals surface area contributed by atoms with Gasteiger partial charge in [-0.15, -0.1) is 0 Å². The van der Waals surface area contributed by atoms with E-state index < -0.39 is 10.0 Å². The molecule has 0 saturated carbocycles. The molecular formula is C29H26Cl2N2O3S. The molecule has 0 atom stereocenters. The molecule has 4 aromatic carbocycles. The van der Waals surface area contributed by atoms with Crippen molar-refractivity contribution in [2.45, 2.75) is 24.9 Å². The van der Waals surface area contributed by atoms with Crippen molar-refractivity contribution < 1.29 is 13.2 Å². The first kappa shape index (κ1) is 26.7. The normalized spacial score (nSPS) is 11.2. The zero-order valence-electron chi connectivity index (χ0n) is 20.4. The lowest BCUT2D eigenvalue weighted by Gasteiger charge is -2.28. The van der Waals surface area contributed by atoms with Gasteiger partial charge in [0.05, 0.1) is 22.7 Å². The van der Waals surface area contributed by atoms with Gasteiger partial charge in [-0.25, -0.2) is 8.42 Å². The van der Waals surface area contributed by atoms with E-state index in [1.807, 2.05) is 19.1 Å². The van der Waals surface area contributed by atoms with Crippen LogP contribution in [0.2, 0.25) is 10.0 Å². The number of para-hydroxylation sites is 1. The van der Waals surface area contributed by atoms with Crippen LogP contribution in [-0.4, -0.2) is 26.3 Å². The summed E-state index contributed by atoms with van der Waals surface area (Å²) in [4.78, 5) is 15.3. The second-order valence-corrected chi connectivity index (χ2v) is 11.5. The molecule has 8 heteroatoms. The summed E-state index contributed by atoms with van der Waals surface area (Å²) in [6, 6.07) is 27.7. The molecule has 0 aliphatic carbocycles. The minimum atomic E-state index is -4.01. The number of rotatable bonds is 8. The van der Waals surface area contributed by atoms with Crippen molar-refractivity contribution in [2.75, 3.05) is 11.4 Å². The maximum absolute atomic E-state index is 13.9. The van der Waals surface area contributed by atoms with Crippen LogP contribution in [-0.2, 0) is 23.1 Å². The lowest BCUT2D eigenvalue weighted by molar-refractivity contribution is 0.0786. The number of aryl methyl sites for hydroxylation is 1. The molecule has 4 rings (SSSR count). The third-order valence-corrected chi connectivity index (χ3v) is 8.21. The van der Waals surface area contributed by atoms with Crippen molar-refractivity contribution in [3.8, 4) is 0 Å². The van der Waals surface area contributed by atoms with Gasteiger partial charge in [-0.05, 0) is 66.6 Å². The summed E-state index contributed by atoms with van der Waals surface area (Å²) in [6.45, 7) is 2.26. The summed E-state index contributed by atoms with van der Waals surface area (Å²) in [7, 11) is -2.32. The van der Waals surface area contributed by atoms with Crippen LogP contribution in [0, 0.1) is 6.92 Å². The molecule has 0 bridgehead atoms. The molecule has 4 aromatic rings. The number of amides is 1. The van der Waals surface area contributed by atoms with Crippen LogP contribution in [0.25, 0.3) is 0 Å². The fraction of sp³-hybridized carbons (Fsp3) is 0.138. The molecule has 0 spiro atoms. The van der Waals surface area contributed by atoms with E-state index in [-0.39, 0.29) is 22.9 Å². The summed E-state index contributed by atoms with van der Waals surface area (Å²) in [5.41, 5.74) is 3.16. The molecule has 1 amide bonds. The fourth-order valence-electron chi connectivity index (χ4n) is 3.91. The highest BCUT2D eigenvalue weighted by Gasteiger charge is 2.29. The molecule has 0 fully saturated rings. The Morgan fingerprint density at radius 3 is 1.81 bits per heavy atom. The molecule has 190 valence electrons. The predicted molar refractivity (Wildman–Crippen MR) is 150 cm³/mol. The molecule has 0 aromatic heterocycles. The van der Waals surface area contributed by atoms with E-state index >= 15 is 0 Å². The van der Waals surface area contributed by atoms with Crippen molar-refractivity contribution in [1.29, 1.82) is 0 Å². The predicted octanol–water partition coefficient (Wildman–Crippen LogP) is 6.97. The SMILES string of the molecule is Cc1ccc(S(=O)(=O)N(Cc2ccc(Cl)cc2)c2ccccc2C(=O)N(C)Cc2ccc(Cl)cc2)cc1. The number of sulfonamides is 1. The van der Waals surface area contributed by atoms with Gasteiger partial charge < -0.3 is 4.90 Å². The molecule has 37 heavy (non-hydrogen) atoms. The highest BCUT2D eigenvalue weighted by molar-refractivity contribution is 7.92. The first-order valence-corrected chi connectivity index (χ1v) is 13.8. The van der Waals surface area contributed by atoms with Crippen LogP contribution in [0.1, 0.15) is 27.0 Å². The largest absolute Gasteiger partial charge is 0.337 e. The topological polar surface area (TPSA) is 57.7 Å². The third-order valence-electron chi connectivity index (χ3n) is 5.93. The zero-order chi connectivity index (χ0) is 26.6. The Bertz CT molecular complexity index is 1490. The Morgan fingerprint density at radius 1 is 0.730 bits per heavy atom.